The minimum absolute atomic E-state index is 0.461. The van der Waals surface area contributed by atoms with Gasteiger partial charge < -0.3 is 0 Å². The normalized spacial score (nSPS) is 9.20. The van der Waals surface area contributed by atoms with Gasteiger partial charge in [0.05, 0.1) is 0 Å². The van der Waals surface area contributed by atoms with Crippen LogP contribution in [0.2, 0.25) is 0 Å². The van der Waals surface area contributed by atoms with Crippen molar-refractivity contribution in [3.05, 3.63) is 34.6 Å². The molecule has 1 rings (SSSR count). The number of rotatable bonds is 2. The van der Waals surface area contributed by atoms with Crippen molar-refractivity contribution >= 4 is 11.9 Å². The topological polar surface area (TPSA) is 56.0 Å². The average Bonchev–Trinajstić information content (AvgIpc) is 1.88. The van der Waals surface area contributed by atoms with Gasteiger partial charge in [0.25, 0.3) is 11.9 Å². The molecule has 0 aliphatic heterocycles. The minimum atomic E-state index is -0.461. The molecule has 0 N–H and O–H groups in total. The van der Waals surface area contributed by atoms with Gasteiger partial charge in [-0.3, -0.25) is 15.1 Å². The predicted octanol–water partition coefficient (Wildman–Crippen LogP) is 1.37. The van der Waals surface area contributed by atoms with Crippen molar-refractivity contribution in [1.29, 1.82) is 0 Å². The van der Waals surface area contributed by atoms with Gasteiger partial charge in [-0.1, -0.05) is 0 Å². The summed E-state index contributed by atoms with van der Waals surface area (Å²) in [5.74, 6) is 0. The Balaban J connectivity index is 2.67. The molecule has 0 saturated heterocycles. The van der Waals surface area contributed by atoms with E-state index < -0.39 is 4.33 Å². The highest BCUT2D eigenvalue weighted by molar-refractivity contribution is 7.93. The lowest BCUT2D eigenvalue weighted by Gasteiger charge is -1.86. The Morgan fingerprint density at radius 3 is 3.00 bits per heavy atom. The molecule has 4 nitrogen and oxygen atoms in total. The van der Waals surface area contributed by atoms with E-state index in [2.05, 4.69) is 4.98 Å². The standard InChI is InChI=1S/C5H4N2O2S/c8-7(9)10-5-2-1-3-6-4-5/h1-4H. The first-order valence-electron chi connectivity index (χ1n) is 2.51. The Kier molecular flexibility index (Phi) is 2.22. The second-order valence-corrected chi connectivity index (χ2v) is 2.46. The van der Waals surface area contributed by atoms with Crippen LogP contribution in [0, 0.1) is 10.1 Å². The highest BCUT2D eigenvalue weighted by Gasteiger charge is 2.02. The van der Waals surface area contributed by atoms with E-state index in [1.807, 2.05) is 0 Å². The molecule has 0 unspecified atom stereocenters. The monoisotopic (exact) mass is 156 g/mol. The molecule has 1 aromatic rings. The van der Waals surface area contributed by atoms with E-state index in [4.69, 9.17) is 0 Å². The third-order valence-corrected chi connectivity index (χ3v) is 1.42. The van der Waals surface area contributed by atoms with E-state index in [-0.39, 0.29) is 0 Å². The summed E-state index contributed by atoms with van der Waals surface area (Å²) < 4.78 is -0.461. The van der Waals surface area contributed by atoms with Crippen LogP contribution in [0.5, 0.6) is 0 Å². The van der Waals surface area contributed by atoms with Crippen LogP contribution in [-0.4, -0.2) is 9.31 Å². The lowest BCUT2D eigenvalue weighted by atomic mass is 10.5. The maximum absolute atomic E-state index is 9.91. The summed E-state index contributed by atoms with van der Waals surface area (Å²) in [5, 5.41) is 9.91. The fraction of sp³-hybridized carbons (Fsp3) is 0. The molecule has 0 aromatic carbocycles. The molecule has 0 radical (unpaired) electrons. The molecule has 5 heteroatoms. The van der Waals surface area contributed by atoms with Crippen LogP contribution >= 0.6 is 11.9 Å². The number of nitrogens with zero attached hydrogens (tertiary/aromatic N) is 2. The minimum Gasteiger partial charge on any atom is -0.263 e. The Bertz CT molecular complexity index is 226. The summed E-state index contributed by atoms with van der Waals surface area (Å²) in [6, 6.07) is 3.30. The van der Waals surface area contributed by atoms with E-state index in [0.29, 0.717) is 16.8 Å². The summed E-state index contributed by atoms with van der Waals surface area (Å²) >= 11 is 0.558. The van der Waals surface area contributed by atoms with Crippen molar-refractivity contribution in [3.63, 3.8) is 0 Å². The van der Waals surface area contributed by atoms with E-state index in [9.17, 15) is 10.1 Å². The summed E-state index contributed by atoms with van der Waals surface area (Å²) in [6.07, 6.45) is 3.03. The van der Waals surface area contributed by atoms with E-state index in [1.54, 1.807) is 18.3 Å². The Hall–Kier alpha value is -1.10. The molecule has 0 amide bonds. The molecule has 10 heavy (non-hydrogen) atoms. The Labute approximate surface area is 61.6 Å². The second-order valence-electron chi connectivity index (χ2n) is 1.50. The third kappa shape index (κ3) is 2.02. The van der Waals surface area contributed by atoms with Crippen LogP contribution < -0.4 is 0 Å². The van der Waals surface area contributed by atoms with Crippen molar-refractivity contribution in [1.82, 2.24) is 4.98 Å². The van der Waals surface area contributed by atoms with E-state index in [0.717, 1.165) is 0 Å². The van der Waals surface area contributed by atoms with Gasteiger partial charge in [0, 0.05) is 12.4 Å². The highest BCUT2D eigenvalue weighted by atomic mass is 32.2. The molecule has 1 heterocycles. The number of aromatic nitrogens is 1. The molecule has 0 fully saturated rings. The molecule has 0 spiro atoms. The molecule has 52 valence electrons. The highest BCUT2D eigenvalue weighted by Crippen LogP contribution is 2.14. The largest absolute Gasteiger partial charge is 0.267 e. The molecule has 1 aromatic heterocycles. The van der Waals surface area contributed by atoms with Crippen LogP contribution in [0.25, 0.3) is 0 Å². The van der Waals surface area contributed by atoms with Crippen molar-refractivity contribution < 1.29 is 4.33 Å². The fourth-order valence-corrected chi connectivity index (χ4v) is 0.907. The zero-order valence-electron chi connectivity index (χ0n) is 4.93. The fourth-order valence-electron chi connectivity index (χ4n) is 0.487. The second kappa shape index (κ2) is 3.17. The van der Waals surface area contributed by atoms with Gasteiger partial charge in [-0.05, 0) is 12.1 Å². The average molecular weight is 156 g/mol. The van der Waals surface area contributed by atoms with Crippen LogP contribution in [0.4, 0.5) is 0 Å². The van der Waals surface area contributed by atoms with Crippen molar-refractivity contribution in [2.45, 2.75) is 4.90 Å². The van der Waals surface area contributed by atoms with Gasteiger partial charge in [0.15, 0.2) is 0 Å². The number of hydrogen-bond acceptors (Lipinski definition) is 4. The van der Waals surface area contributed by atoms with Crippen LogP contribution in [-0.2, 0) is 0 Å². The zero-order valence-corrected chi connectivity index (χ0v) is 5.75. The Morgan fingerprint density at radius 2 is 2.50 bits per heavy atom. The molecule has 0 saturated carbocycles. The van der Waals surface area contributed by atoms with Gasteiger partial charge in [0.2, 0.25) is 0 Å². The van der Waals surface area contributed by atoms with Gasteiger partial charge in [-0.25, -0.2) is 0 Å². The third-order valence-electron chi connectivity index (χ3n) is 0.814. The number of nitro groups is 1. The van der Waals surface area contributed by atoms with Crippen molar-refractivity contribution in [3.8, 4) is 0 Å². The smallest absolute Gasteiger partial charge is 0.263 e. The molecule has 0 atom stereocenters. The Morgan fingerprint density at radius 1 is 1.70 bits per heavy atom. The van der Waals surface area contributed by atoms with Gasteiger partial charge in [0.1, 0.15) is 9.22 Å². The summed E-state index contributed by atoms with van der Waals surface area (Å²) in [5.41, 5.74) is 0. The summed E-state index contributed by atoms with van der Waals surface area (Å²) in [6.45, 7) is 0. The lowest BCUT2D eigenvalue weighted by Crippen LogP contribution is -1.82. The molecular formula is C5H4N2O2S. The maximum atomic E-state index is 9.91. The summed E-state index contributed by atoms with van der Waals surface area (Å²) in [4.78, 5) is 14.2. The number of hydrogen-bond donors (Lipinski definition) is 0. The van der Waals surface area contributed by atoms with Gasteiger partial charge in [-0.15, -0.1) is 0 Å². The summed E-state index contributed by atoms with van der Waals surface area (Å²) in [7, 11) is 0. The quantitative estimate of drug-likeness (QED) is 0.368. The predicted molar refractivity (Wildman–Crippen MR) is 37.1 cm³/mol. The van der Waals surface area contributed by atoms with E-state index in [1.165, 1.54) is 6.20 Å². The first-order chi connectivity index (χ1) is 4.79. The first kappa shape index (κ1) is 7.01. The van der Waals surface area contributed by atoms with Crippen molar-refractivity contribution in [2.75, 3.05) is 0 Å². The van der Waals surface area contributed by atoms with Crippen LogP contribution in [0.3, 0.4) is 0 Å². The maximum Gasteiger partial charge on any atom is 0.267 e. The number of pyridine rings is 1. The zero-order chi connectivity index (χ0) is 7.40. The van der Waals surface area contributed by atoms with Crippen LogP contribution in [0.15, 0.2) is 29.4 Å². The van der Waals surface area contributed by atoms with E-state index >= 15 is 0 Å². The van der Waals surface area contributed by atoms with Crippen molar-refractivity contribution in [2.24, 2.45) is 0 Å². The van der Waals surface area contributed by atoms with Gasteiger partial charge in [-0.2, -0.15) is 0 Å². The first-order valence-corrected chi connectivity index (χ1v) is 3.29. The SMILES string of the molecule is O=[N+]([O-])Sc1cccnc1. The van der Waals surface area contributed by atoms with Gasteiger partial charge >= 0.3 is 0 Å². The lowest BCUT2D eigenvalue weighted by molar-refractivity contribution is -0.284. The van der Waals surface area contributed by atoms with Crippen LogP contribution in [0.1, 0.15) is 0 Å². The molecular weight excluding hydrogens is 152 g/mol. The molecule has 0 aliphatic carbocycles. The molecule has 0 aliphatic rings. The molecule has 0 bridgehead atoms.